The van der Waals surface area contributed by atoms with Crippen LogP contribution < -0.4 is 9.47 Å². The van der Waals surface area contributed by atoms with E-state index in [0.717, 1.165) is 37.2 Å². The third-order valence-corrected chi connectivity index (χ3v) is 5.65. The predicted molar refractivity (Wildman–Crippen MR) is 135 cm³/mol. The summed E-state index contributed by atoms with van der Waals surface area (Å²) in [4.78, 5) is 0. The maximum Gasteiger partial charge on any atom is 0.118 e. The van der Waals surface area contributed by atoms with Gasteiger partial charge in [0.1, 0.15) is 11.5 Å². The van der Waals surface area contributed by atoms with E-state index in [-0.39, 0.29) is 0 Å². The van der Waals surface area contributed by atoms with E-state index in [1.165, 1.54) is 33.4 Å². The standard InChI is InChI=1S/C30H34O2/c1-23(20-27-12-16-29(31-3)17-13-27)8-10-25-6-5-7-26(22-25)11-9-24(2)21-28-14-18-30(32-4)19-15-28/h5-9,12-19,22H,10-11,20-21H2,1-4H3. The Morgan fingerprint density at radius 2 is 1.00 bits per heavy atom. The van der Waals surface area contributed by atoms with Gasteiger partial charge >= 0.3 is 0 Å². The maximum atomic E-state index is 5.24. The number of ether oxygens (including phenoxy) is 2. The molecule has 2 heteroatoms. The van der Waals surface area contributed by atoms with Crippen LogP contribution in [0.1, 0.15) is 36.1 Å². The molecule has 0 saturated heterocycles. The number of rotatable bonds is 10. The fraction of sp³-hybridized carbons (Fsp3) is 0.267. The maximum absolute atomic E-state index is 5.24. The second-order valence-electron chi connectivity index (χ2n) is 8.38. The zero-order chi connectivity index (χ0) is 22.8. The van der Waals surface area contributed by atoms with Crippen LogP contribution in [0.5, 0.6) is 11.5 Å². The monoisotopic (exact) mass is 426 g/mol. The Morgan fingerprint density at radius 3 is 1.38 bits per heavy atom. The number of hydrogen-bond donors (Lipinski definition) is 0. The van der Waals surface area contributed by atoms with Gasteiger partial charge in [-0.15, -0.1) is 0 Å². The minimum absolute atomic E-state index is 0.903. The van der Waals surface area contributed by atoms with Crippen molar-refractivity contribution in [2.75, 3.05) is 14.2 Å². The summed E-state index contributed by atoms with van der Waals surface area (Å²) in [5, 5.41) is 0. The highest BCUT2D eigenvalue weighted by molar-refractivity contribution is 5.32. The molecule has 0 saturated carbocycles. The Balaban J connectivity index is 1.54. The molecule has 166 valence electrons. The van der Waals surface area contributed by atoms with Crippen LogP contribution in [0, 0.1) is 0 Å². The van der Waals surface area contributed by atoms with Crippen molar-refractivity contribution in [2.24, 2.45) is 0 Å². The molecule has 0 fully saturated rings. The normalized spacial score (nSPS) is 12.0. The highest BCUT2D eigenvalue weighted by atomic mass is 16.5. The van der Waals surface area contributed by atoms with Gasteiger partial charge in [0.15, 0.2) is 0 Å². The van der Waals surface area contributed by atoms with Gasteiger partial charge in [0.2, 0.25) is 0 Å². The van der Waals surface area contributed by atoms with Crippen molar-refractivity contribution >= 4 is 0 Å². The molecule has 3 aromatic carbocycles. The van der Waals surface area contributed by atoms with Crippen LogP contribution in [0.2, 0.25) is 0 Å². The summed E-state index contributed by atoms with van der Waals surface area (Å²) in [6, 6.07) is 25.6. The Kier molecular flexibility index (Phi) is 8.74. The SMILES string of the molecule is COc1ccc(CC(C)=CCc2cccc(CC=C(C)Cc3ccc(OC)cc3)c2)cc1. The zero-order valence-corrected chi connectivity index (χ0v) is 19.7. The van der Waals surface area contributed by atoms with Gasteiger partial charge < -0.3 is 9.47 Å². The minimum Gasteiger partial charge on any atom is -0.497 e. The first-order valence-corrected chi connectivity index (χ1v) is 11.2. The first-order valence-electron chi connectivity index (χ1n) is 11.2. The molecule has 0 amide bonds. The van der Waals surface area contributed by atoms with Crippen molar-refractivity contribution in [1.82, 2.24) is 0 Å². The Bertz CT molecular complexity index is 958. The van der Waals surface area contributed by atoms with Crippen molar-refractivity contribution < 1.29 is 9.47 Å². The molecule has 0 heterocycles. The fourth-order valence-electron chi connectivity index (χ4n) is 3.74. The highest BCUT2D eigenvalue weighted by Gasteiger charge is 2.00. The van der Waals surface area contributed by atoms with Gasteiger partial charge in [-0.05, 0) is 86.1 Å². The molecule has 0 N–H and O–H groups in total. The number of methoxy groups -OCH3 is 2. The quantitative estimate of drug-likeness (QED) is 0.320. The zero-order valence-electron chi connectivity index (χ0n) is 19.7. The molecule has 32 heavy (non-hydrogen) atoms. The van der Waals surface area contributed by atoms with Crippen LogP contribution in [0.3, 0.4) is 0 Å². The average molecular weight is 427 g/mol. The molecule has 2 nitrogen and oxygen atoms in total. The molecule has 0 aliphatic rings. The van der Waals surface area contributed by atoms with Gasteiger partial charge in [0.05, 0.1) is 14.2 Å². The molecule has 0 bridgehead atoms. The van der Waals surface area contributed by atoms with Gasteiger partial charge in [-0.25, -0.2) is 0 Å². The lowest BCUT2D eigenvalue weighted by Crippen LogP contribution is -1.92. The molecule has 0 aliphatic heterocycles. The van der Waals surface area contributed by atoms with E-state index in [9.17, 15) is 0 Å². The summed E-state index contributed by atoms with van der Waals surface area (Å²) in [7, 11) is 3.40. The highest BCUT2D eigenvalue weighted by Crippen LogP contribution is 2.17. The van der Waals surface area contributed by atoms with Crippen LogP contribution in [0.25, 0.3) is 0 Å². The summed E-state index contributed by atoms with van der Waals surface area (Å²) >= 11 is 0. The molecule has 3 rings (SSSR count). The van der Waals surface area contributed by atoms with E-state index in [2.05, 4.69) is 74.5 Å². The van der Waals surface area contributed by atoms with E-state index in [0.29, 0.717) is 0 Å². The van der Waals surface area contributed by atoms with E-state index in [4.69, 9.17) is 9.47 Å². The lowest BCUT2D eigenvalue weighted by atomic mass is 10.0. The van der Waals surface area contributed by atoms with Crippen LogP contribution in [0.4, 0.5) is 0 Å². The van der Waals surface area contributed by atoms with Crippen LogP contribution in [0.15, 0.2) is 96.1 Å². The van der Waals surface area contributed by atoms with Crippen molar-refractivity contribution in [1.29, 1.82) is 0 Å². The summed E-state index contributed by atoms with van der Waals surface area (Å²) < 4.78 is 10.5. The predicted octanol–water partition coefficient (Wildman–Crippen LogP) is 7.17. The second-order valence-corrected chi connectivity index (χ2v) is 8.38. The van der Waals surface area contributed by atoms with Gasteiger partial charge in [-0.1, -0.05) is 71.8 Å². The fourth-order valence-corrected chi connectivity index (χ4v) is 3.74. The summed E-state index contributed by atoms with van der Waals surface area (Å²) in [5.41, 5.74) is 8.11. The third kappa shape index (κ3) is 7.46. The molecule has 0 unspecified atom stereocenters. The van der Waals surface area contributed by atoms with Gasteiger partial charge in [0, 0.05) is 0 Å². The van der Waals surface area contributed by atoms with Gasteiger partial charge in [-0.3, -0.25) is 0 Å². The van der Waals surface area contributed by atoms with Crippen molar-refractivity contribution in [3.8, 4) is 11.5 Å². The van der Waals surface area contributed by atoms with Crippen LogP contribution >= 0.6 is 0 Å². The first-order chi connectivity index (χ1) is 15.6. The third-order valence-electron chi connectivity index (χ3n) is 5.65. The lowest BCUT2D eigenvalue weighted by Gasteiger charge is -2.06. The summed E-state index contributed by atoms with van der Waals surface area (Å²) in [6.07, 6.45) is 8.55. The number of hydrogen-bond acceptors (Lipinski definition) is 2. The van der Waals surface area contributed by atoms with E-state index in [1.807, 2.05) is 24.3 Å². The van der Waals surface area contributed by atoms with Gasteiger partial charge in [0.25, 0.3) is 0 Å². The molecule has 0 spiro atoms. The second kappa shape index (κ2) is 12.0. The first kappa shape index (κ1) is 23.4. The Hall–Kier alpha value is -3.26. The summed E-state index contributed by atoms with van der Waals surface area (Å²) in [5.74, 6) is 1.81. The van der Waals surface area contributed by atoms with Crippen LogP contribution in [-0.2, 0) is 25.7 Å². The topological polar surface area (TPSA) is 18.5 Å². The van der Waals surface area contributed by atoms with Crippen molar-refractivity contribution in [2.45, 2.75) is 39.5 Å². The summed E-state index contributed by atoms with van der Waals surface area (Å²) in [6.45, 7) is 4.42. The molecule has 0 radical (unpaired) electrons. The number of allylic oxidation sites excluding steroid dienone is 4. The van der Waals surface area contributed by atoms with E-state index in [1.54, 1.807) is 14.2 Å². The molecule has 0 aromatic heterocycles. The minimum atomic E-state index is 0.903. The van der Waals surface area contributed by atoms with E-state index < -0.39 is 0 Å². The number of benzene rings is 3. The molecule has 0 aliphatic carbocycles. The van der Waals surface area contributed by atoms with Gasteiger partial charge in [-0.2, -0.15) is 0 Å². The van der Waals surface area contributed by atoms with Crippen molar-refractivity contribution in [3.05, 3.63) is 118 Å². The van der Waals surface area contributed by atoms with E-state index >= 15 is 0 Å². The molecule has 3 aromatic rings. The Morgan fingerprint density at radius 1 is 0.594 bits per heavy atom. The largest absolute Gasteiger partial charge is 0.497 e. The molecule has 0 atom stereocenters. The molecular formula is C30H34O2. The average Bonchev–Trinajstić information content (AvgIpc) is 2.83. The molecular weight excluding hydrogens is 392 g/mol. The van der Waals surface area contributed by atoms with Crippen LogP contribution in [-0.4, -0.2) is 14.2 Å². The van der Waals surface area contributed by atoms with Crippen molar-refractivity contribution in [3.63, 3.8) is 0 Å². The lowest BCUT2D eigenvalue weighted by molar-refractivity contribution is 0.414. The Labute approximate surface area is 193 Å². The smallest absolute Gasteiger partial charge is 0.118 e.